The van der Waals surface area contributed by atoms with Crippen molar-refractivity contribution in [3.8, 4) is 0 Å². The standard InChI is InChI=1S/C23H18FNO4/c1-14-7-9-15(10-8-14)21(26)19-20(16-4-2-5-17(24)12-16)25(23(28)22(19)27)13-18-6-3-11-29-18/h2-12,20,26H,13H2,1H3/t20-/m1/s1. The Morgan fingerprint density at radius 2 is 1.86 bits per heavy atom. The van der Waals surface area contributed by atoms with Gasteiger partial charge >= 0.3 is 0 Å². The van der Waals surface area contributed by atoms with Gasteiger partial charge in [0.15, 0.2) is 0 Å². The normalized spacial score (nSPS) is 18.4. The first-order valence-electron chi connectivity index (χ1n) is 9.09. The van der Waals surface area contributed by atoms with Gasteiger partial charge in [0.25, 0.3) is 11.7 Å². The van der Waals surface area contributed by atoms with Gasteiger partial charge in [0.1, 0.15) is 17.3 Å². The number of benzene rings is 2. The number of Topliss-reactive ketones (excluding diaryl/α,β-unsaturated/α-hetero) is 1. The van der Waals surface area contributed by atoms with Crippen LogP contribution in [0.5, 0.6) is 0 Å². The van der Waals surface area contributed by atoms with E-state index >= 15 is 0 Å². The summed E-state index contributed by atoms with van der Waals surface area (Å²) in [7, 11) is 0. The first-order chi connectivity index (χ1) is 14.0. The van der Waals surface area contributed by atoms with Crippen molar-refractivity contribution in [2.75, 3.05) is 0 Å². The number of aliphatic hydroxyl groups is 1. The number of amides is 1. The summed E-state index contributed by atoms with van der Waals surface area (Å²) in [6.07, 6.45) is 1.47. The highest BCUT2D eigenvalue weighted by molar-refractivity contribution is 6.46. The van der Waals surface area contributed by atoms with Gasteiger partial charge in [-0.25, -0.2) is 4.39 Å². The lowest BCUT2D eigenvalue weighted by atomic mass is 9.95. The van der Waals surface area contributed by atoms with Gasteiger partial charge in [0.2, 0.25) is 0 Å². The number of carbonyl (C=O) groups is 2. The van der Waals surface area contributed by atoms with Crippen LogP contribution in [0.4, 0.5) is 4.39 Å². The molecule has 2 heterocycles. The molecule has 1 aliphatic rings. The summed E-state index contributed by atoms with van der Waals surface area (Å²) < 4.78 is 19.3. The molecular weight excluding hydrogens is 373 g/mol. The number of hydrogen-bond acceptors (Lipinski definition) is 4. The van der Waals surface area contributed by atoms with Gasteiger partial charge in [-0.15, -0.1) is 0 Å². The van der Waals surface area contributed by atoms with Crippen LogP contribution in [0, 0.1) is 12.7 Å². The minimum Gasteiger partial charge on any atom is -0.507 e. The van der Waals surface area contributed by atoms with Crippen molar-refractivity contribution in [2.45, 2.75) is 19.5 Å². The predicted octanol–water partition coefficient (Wildman–Crippen LogP) is 4.35. The van der Waals surface area contributed by atoms with Gasteiger partial charge < -0.3 is 14.4 Å². The molecule has 1 saturated heterocycles. The fourth-order valence-electron chi connectivity index (χ4n) is 3.50. The molecule has 1 amide bonds. The maximum Gasteiger partial charge on any atom is 0.296 e. The van der Waals surface area contributed by atoms with Gasteiger partial charge in [-0.05, 0) is 36.8 Å². The molecule has 0 saturated carbocycles. The molecule has 1 aromatic heterocycles. The highest BCUT2D eigenvalue weighted by atomic mass is 19.1. The van der Waals surface area contributed by atoms with Crippen LogP contribution < -0.4 is 0 Å². The Hall–Kier alpha value is -3.67. The SMILES string of the molecule is Cc1ccc(C(O)=C2C(=O)C(=O)N(Cc3ccco3)[C@@H]2c2cccc(F)c2)cc1. The van der Waals surface area contributed by atoms with E-state index in [-0.39, 0.29) is 17.9 Å². The highest BCUT2D eigenvalue weighted by Gasteiger charge is 2.46. The third-order valence-electron chi connectivity index (χ3n) is 4.94. The zero-order valence-electron chi connectivity index (χ0n) is 15.6. The monoisotopic (exact) mass is 391 g/mol. The van der Waals surface area contributed by atoms with E-state index in [1.54, 1.807) is 42.5 Å². The van der Waals surface area contributed by atoms with E-state index in [4.69, 9.17) is 4.42 Å². The fraction of sp³-hybridized carbons (Fsp3) is 0.130. The lowest BCUT2D eigenvalue weighted by Crippen LogP contribution is -2.29. The second-order valence-corrected chi connectivity index (χ2v) is 6.93. The molecule has 0 aliphatic carbocycles. The van der Waals surface area contributed by atoms with Crippen molar-refractivity contribution in [2.24, 2.45) is 0 Å². The Kier molecular flexibility index (Phi) is 4.76. The molecule has 1 atom stereocenters. The molecule has 0 radical (unpaired) electrons. The largest absolute Gasteiger partial charge is 0.507 e. The number of aryl methyl sites for hydroxylation is 1. The quantitative estimate of drug-likeness (QED) is 0.408. The molecule has 0 unspecified atom stereocenters. The molecule has 2 aromatic carbocycles. The van der Waals surface area contributed by atoms with Crippen LogP contribution >= 0.6 is 0 Å². The number of halogens is 1. The maximum absolute atomic E-state index is 13.9. The van der Waals surface area contributed by atoms with Gasteiger partial charge in [0, 0.05) is 5.56 Å². The zero-order valence-corrected chi connectivity index (χ0v) is 15.6. The summed E-state index contributed by atoms with van der Waals surface area (Å²) in [4.78, 5) is 26.9. The van der Waals surface area contributed by atoms with Gasteiger partial charge in [-0.2, -0.15) is 0 Å². The average Bonchev–Trinajstić information content (AvgIpc) is 3.30. The first kappa shape index (κ1) is 18.7. The van der Waals surface area contributed by atoms with Crippen LogP contribution in [0.1, 0.15) is 28.5 Å². The maximum atomic E-state index is 13.9. The summed E-state index contributed by atoms with van der Waals surface area (Å²) in [6, 6.07) is 15.0. The highest BCUT2D eigenvalue weighted by Crippen LogP contribution is 2.40. The Labute approximate surface area is 166 Å². The van der Waals surface area contributed by atoms with Crippen LogP contribution in [-0.4, -0.2) is 21.7 Å². The van der Waals surface area contributed by atoms with Crippen LogP contribution in [0.3, 0.4) is 0 Å². The van der Waals surface area contributed by atoms with E-state index in [1.807, 2.05) is 6.92 Å². The van der Waals surface area contributed by atoms with Crippen LogP contribution in [0.25, 0.3) is 5.76 Å². The van der Waals surface area contributed by atoms with E-state index in [0.717, 1.165) is 5.56 Å². The van der Waals surface area contributed by atoms with Crippen molar-refractivity contribution < 1.29 is 23.5 Å². The fourth-order valence-corrected chi connectivity index (χ4v) is 3.50. The predicted molar refractivity (Wildman–Crippen MR) is 104 cm³/mol. The van der Waals surface area contributed by atoms with Gasteiger partial charge in [-0.1, -0.05) is 42.0 Å². The third-order valence-corrected chi connectivity index (χ3v) is 4.94. The number of hydrogen-bond donors (Lipinski definition) is 1. The minimum absolute atomic E-state index is 0.0173. The topological polar surface area (TPSA) is 70.8 Å². The van der Waals surface area contributed by atoms with Crippen LogP contribution in [-0.2, 0) is 16.1 Å². The lowest BCUT2D eigenvalue weighted by molar-refractivity contribution is -0.140. The minimum atomic E-state index is -0.933. The zero-order chi connectivity index (χ0) is 20.5. The van der Waals surface area contributed by atoms with Crippen molar-refractivity contribution in [1.82, 2.24) is 4.90 Å². The first-order valence-corrected chi connectivity index (χ1v) is 9.09. The number of carbonyl (C=O) groups excluding carboxylic acids is 2. The molecule has 4 rings (SSSR count). The number of likely N-dealkylation sites (tertiary alicyclic amines) is 1. The van der Waals surface area contributed by atoms with Crippen molar-refractivity contribution in [3.63, 3.8) is 0 Å². The summed E-state index contributed by atoms with van der Waals surface area (Å²) in [5.41, 5.74) is 1.72. The third kappa shape index (κ3) is 3.45. The molecule has 6 heteroatoms. The molecule has 1 N–H and O–H groups in total. The lowest BCUT2D eigenvalue weighted by Gasteiger charge is -2.24. The molecular formula is C23H18FNO4. The van der Waals surface area contributed by atoms with E-state index in [2.05, 4.69) is 0 Å². The molecule has 5 nitrogen and oxygen atoms in total. The average molecular weight is 391 g/mol. The van der Waals surface area contributed by atoms with E-state index in [1.165, 1.54) is 29.4 Å². The number of nitrogens with zero attached hydrogens (tertiary/aromatic N) is 1. The smallest absolute Gasteiger partial charge is 0.296 e. The number of rotatable bonds is 4. The molecule has 1 aliphatic heterocycles. The summed E-state index contributed by atoms with van der Waals surface area (Å²) in [5, 5.41) is 10.9. The Balaban J connectivity index is 1.87. The van der Waals surface area contributed by atoms with Crippen molar-refractivity contribution in [1.29, 1.82) is 0 Å². The Bertz CT molecular complexity index is 1100. The Morgan fingerprint density at radius 3 is 2.52 bits per heavy atom. The van der Waals surface area contributed by atoms with Crippen molar-refractivity contribution in [3.05, 3.63) is 101 Å². The second-order valence-electron chi connectivity index (χ2n) is 6.93. The molecule has 146 valence electrons. The van der Waals surface area contributed by atoms with Crippen LogP contribution in [0.15, 0.2) is 76.9 Å². The summed E-state index contributed by atoms with van der Waals surface area (Å²) >= 11 is 0. The van der Waals surface area contributed by atoms with E-state index in [0.29, 0.717) is 16.9 Å². The van der Waals surface area contributed by atoms with E-state index in [9.17, 15) is 19.1 Å². The molecule has 0 bridgehead atoms. The van der Waals surface area contributed by atoms with Crippen LogP contribution in [0.2, 0.25) is 0 Å². The molecule has 1 fully saturated rings. The Morgan fingerprint density at radius 1 is 1.10 bits per heavy atom. The second kappa shape index (κ2) is 7.39. The van der Waals surface area contributed by atoms with Gasteiger partial charge in [0.05, 0.1) is 24.4 Å². The van der Waals surface area contributed by atoms with E-state index < -0.39 is 23.5 Å². The number of aliphatic hydroxyl groups excluding tert-OH is 1. The molecule has 29 heavy (non-hydrogen) atoms. The number of ketones is 1. The molecule has 3 aromatic rings. The molecule has 0 spiro atoms. The summed E-state index contributed by atoms with van der Waals surface area (Å²) in [5.74, 6) is -1.90. The number of furan rings is 1. The van der Waals surface area contributed by atoms with Crippen molar-refractivity contribution >= 4 is 17.4 Å². The van der Waals surface area contributed by atoms with Gasteiger partial charge in [-0.3, -0.25) is 9.59 Å². The summed E-state index contributed by atoms with van der Waals surface area (Å²) in [6.45, 7) is 1.92.